The molecule has 5 nitrogen and oxygen atoms in total. The molecule has 1 aromatic heterocycles. The van der Waals surface area contributed by atoms with Gasteiger partial charge in [-0.3, -0.25) is 10.1 Å². The molecule has 0 aliphatic rings. The molecule has 0 fully saturated rings. The Kier molecular flexibility index (Phi) is 4.41. The van der Waals surface area contributed by atoms with Crippen LogP contribution in [-0.4, -0.2) is 22.7 Å². The van der Waals surface area contributed by atoms with E-state index in [4.69, 9.17) is 4.74 Å². The van der Waals surface area contributed by atoms with Crippen LogP contribution in [0.2, 0.25) is 0 Å². The fourth-order valence-electron chi connectivity index (χ4n) is 1.39. The number of nitrogens with zero attached hydrogens (tertiary/aromatic N) is 2. The summed E-state index contributed by atoms with van der Waals surface area (Å²) in [7, 11) is 0. The lowest BCUT2D eigenvalue weighted by Crippen LogP contribution is -2.20. The number of rotatable bonds is 4. The molecule has 0 saturated carbocycles. The maximum absolute atomic E-state index is 12.4. The maximum atomic E-state index is 12.4. The number of amides is 1. The monoisotopic (exact) mass is 317 g/mol. The molecular weight excluding hydrogens is 307 g/mol. The lowest BCUT2D eigenvalue weighted by Gasteiger charge is -2.08. The molecule has 1 heterocycles. The molecule has 0 atom stereocenters. The third kappa shape index (κ3) is 4.42. The van der Waals surface area contributed by atoms with Gasteiger partial charge in [-0.25, -0.2) is 0 Å². The van der Waals surface area contributed by atoms with Crippen molar-refractivity contribution in [3.63, 3.8) is 0 Å². The molecule has 1 aromatic carbocycles. The lowest BCUT2D eigenvalue weighted by atomic mass is 10.2. The Hall–Kier alpha value is -2.16. The summed E-state index contributed by atoms with van der Waals surface area (Å²) >= 11 is 1.21. The number of hydrogen-bond donors (Lipinski definition) is 1. The lowest BCUT2D eigenvalue weighted by molar-refractivity contribution is -0.137. The highest BCUT2D eigenvalue weighted by Gasteiger charge is 2.30. The molecule has 0 radical (unpaired) electrons. The van der Waals surface area contributed by atoms with Crippen molar-refractivity contribution in [1.29, 1.82) is 0 Å². The van der Waals surface area contributed by atoms with Gasteiger partial charge >= 0.3 is 6.18 Å². The van der Waals surface area contributed by atoms with Crippen LogP contribution in [0.3, 0.4) is 0 Å². The van der Waals surface area contributed by atoms with Gasteiger partial charge in [0.2, 0.25) is 5.13 Å². The first-order valence-electron chi connectivity index (χ1n) is 5.74. The Morgan fingerprint density at radius 3 is 2.48 bits per heavy atom. The summed E-state index contributed by atoms with van der Waals surface area (Å²) < 4.78 is 42.2. The molecular formula is C12H10F3N3O2S. The summed E-state index contributed by atoms with van der Waals surface area (Å²) in [5.41, 5.74) is -0.774. The van der Waals surface area contributed by atoms with E-state index in [0.29, 0.717) is 10.1 Å². The molecule has 2 rings (SSSR count). The minimum Gasteiger partial charge on any atom is -0.484 e. The fraction of sp³-hybridized carbons (Fsp3) is 0.250. The number of aryl methyl sites for hydroxylation is 1. The summed E-state index contributed by atoms with van der Waals surface area (Å²) in [4.78, 5) is 11.5. The number of aromatic nitrogens is 2. The van der Waals surface area contributed by atoms with Crippen LogP contribution < -0.4 is 10.1 Å². The molecule has 0 aliphatic carbocycles. The van der Waals surface area contributed by atoms with Crippen LogP contribution in [0, 0.1) is 6.92 Å². The van der Waals surface area contributed by atoms with Crippen molar-refractivity contribution in [2.75, 3.05) is 11.9 Å². The zero-order valence-electron chi connectivity index (χ0n) is 10.8. The van der Waals surface area contributed by atoms with Gasteiger partial charge in [-0.05, 0) is 31.2 Å². The first-order chi connectivity index (χ1) is 9.84. The molecule has 1 N–H and O–H groups in total. The predicted molar refractivity (Wildman–Crippen MR) is 70.2 cm³/mol. The molecule has 9 heteroatoms. The standard InChI is InChI=1S/C12H10F3N3O2S/c1-7-17-18-11(21-7)16-10(19)6-20-9-4-2-8(3-5-9)12(13,14)15/h2-5H,6H2,1H3,(H,16,18,19). The average molecular weight is 317 g/mol. The number of ether oxygens (including phenoxy) is 1. The molecule has 1 amide bonds. The van der Waals surface area contributed by atoms with Gasteiger partial charge in [-0.1, -0.05) is 11.3 Å². The summed E-state index contributed by atoms with van der Waals surface area (Å²) in [5, 5.41) is 10.9. The number of alkyl halides is 3. The predicted octanol–water partition coefficient (Wildman–Crippen LogP) is 2.88. The van der Waals surface area contributed by atoms with Crippen molar-refractivity contribution in [3.8, 4) is 5.75 Å². The number of halogens is 3. The largest absolute Gasteiger partial charge is 0.484 e. The first-order valence-corrected chi connectivity index (χ1v) is 6.56. The van der Waals surface area contributed by atoms with Crippen molar-refractivity contribution in [3.05, 3.63) is 34.8 Å². The topological polar surface area (TPSA) is 64.1 Å². The van der Waals surface area contributed by atoms with Crippen LogP contribution >= 0.6 is 11.3 Å². The Morgan fingerprint density at radius 2 is 1.95 bits per heavy atom. The molecule has 0 saturated heterocycles. The zero-order chi connectivity index (χ0) is 15.5. The van der Waals surface area contributed by atoms with Gasteiger partial charge in [-0.15, -0.1) is 10.2 Å². The SMILES string of the molecule is Cc1nnc(NC(=O)COc2ccc(C(F)(F)F)cc2)s1. The van der Waals surface area contributed by atoms with Gasteiger partial charge in [0.25, 0.3) is 5.91 Å². The van der Waals surface area contributed by atoms with E-state index in [1.165, 1.54) is 11.3 Å². The normalized spacial score (nSPS) is 11.2. The van der Waals surface area contributed by atoms with E-state index in [9.17, 15) is 18.0 Å². The van der Waals surface area contributed by atoms with Crippen LogP contribution in [0.5, 0.6) is 5.75 Å². The average Bonchev–Trinajstić information content (AvgIpc) is 2.81. The van der Waals surface area contributed by atoms with E-state index in [1.54, 1.807) is 6.92 Å². The second kappa shape index (κ2) is 6.08. The van der Waals surface area contributed by atoms with Crippen molar-refractivity contribution < 1.29 is 22.7 Å². The van der Waals surface area contributed by atoms with Crippen molar-refractivity contribution in [2.45, 2.75) is 13.1 Å². The highest BCUT2D eigenvalue weighted by atomic mass is 32.1. The van der Waals surface area contributed by atoms with Crippen molar-refractivity contribution in [1.82, 2.24) is 10.2 Å². The Morgan fingerprint density at radius 1 is 1.29 bits per heavy atom. The Bertz CT molecular complexity index is 625. The van der Waals surface area contributed by atoms with Gasteiger partial charge in [0.05, 0.1) is 5.56 Å². The smallest absolute Gasteiger partial charge is 0.416 e. The van der Waals surface area contributed by atoms with Gasteiger partial charge in [0, 0.05) is 0 Å². The summed E-state index contributed by atoms with van der Waals surface area (Å²) in [6.07, 6.45) is -4.40. The van der Waals surface area contributed by atoms with Gasteiger partial charge < -0.3 is 4.74 Å². The van der Waals surface area contributed by atoms with Gasteiger partial charge in [0.15, 0.2) is 6.61 Å². The van der Waals surface area contributed by atoms with Crippen molar-refractivity contribution in [2.24, 2.45) is 0 Å². The number of hydrogen-bond acceptors (Lipinski definition) is 5. The molecule has 0 bridgehead atoms. The second-order valence-corrected chi connectivity index (χ2v) is 5.17. The molecule has 0 aliphatic heterocycles. The number of nitrogens with one attached hydrogen (secondary N) is 1. The maximum Gasteiger partial charge on any atom is 0.416 e. The van der Waals surface area contributed by atoms with E-state index in [2.05, 4.69) is 15.5 Å². The number of carbonyl (C=O) groups is 1. The summed E-state index contributed by atoms with van der Waals surface area (Å²) in [5.74, 6) is -0.294. The quantitative estimate of drug-likeness (QED) is 0.942. The number of carbonyl (C=O) groups excluding carboxylic acids is 1. The second-order valence-electron chi connectivity index (χ2n) is 3.99. The highest BCUT2D eigenvalue weighted by molar-refractivity contribution is 7.15. The fourth-order valence-corrected chi connectivity index (χ4v) is 2.00. The van der Waals surface area contributed by atoms with E-state index in [1.807, 2.05) is 0 Å². The van der Waals surface area contributed by atoms with Crippen LogP contribution in [0.4, 0.5) is 18.3 Å². The number of anilines is 1. The first kappa shape index (κ1) is 15.2. The number of benzene rings is 1. The van der Waals surface area contributed by atoms with Gasteiger partial charge in [-0.2, -0.15) is 13.2 Å². The third-order valence-corrected chi connectivity index (χ3v) is 3.08. The van der Waals surface area contributed by atoms with E-state index >= 15 is 0 Å². The van der Waals surface area contributed by atoms with Crippen LogP contribution in [0.1, 0.15) is 10.6 Å². The molecule has 0 unspecified atom stereocenters. The minimum absolute atomic E-state index is 0.173. The van der Waals surface area contributed by atoms with Crippen LogP contribution in [0.25, 0.3) is 0 Å². The molecule has 2 aromatic rings. The zero-order valence-corrected chi connectivity index (χ0v) is 11.6. The third-order valence-electron chi connectivity index (χ3n) is 2.32. The van der Waals surface area contributed by atoms with Crippen LogP contribution in [0.15, 0.2) is 24.3 Å². The summed E-state index contributed by atoms with van der Waals surface area (Å²) in [6.45, 7) is 1.41. The molecule has 112 valence electrons. The Labute approximate surface area is 121 Å². The van der Waals surface area contributed by atoms with E-state index < -0.39 is 17.6 Å². The highest BCUT2D eigenvalue weighted by Crippen LogP contribution is 2.30. The molecule has 21 heavy (non-hydrogen) atoms. The minimum atomic E-state index is -4.40. The van der Waals surface area contributed by atoms with Crippen LogP contribution in [-0.2, 0) is 11.0 Å². The Balaban J connectivity index is 1.86. The van der Waals surface area contributed by atoms with Crippen molar-refractivity contribution >= 4 is 22.4 Å². The summed E-state index contributed by atoms with van der Waals surface area (Å²) in [6, 6.07) is 4.10. The molecule has 0 spiro atoms. The van der Waals surface area contributed by atoms with E-state index in [-0.39, 0.29) is 12.4 Å². The van der Waals surface area contributed by atoms with Gasteiger partial charge in [0.1, 0.15) is 10.8 Å². The van der Waals surface area contributed by atoms with E-state index in [0.717, 1.165) is 24.3 Å².